The van der Waals surface area contributed by atoms with Crippen molar-refractivity contribution >= 4 is 17.6 Å². The van der Waals surface area contributed by atoms with Crippen molar-refractivity contribution < 1.29 is 14.3 Å². The van der Waals surface area contributed by atoms with E-state index in [1.807, 2.05) is 98.8 Å². The van der Waals surface area contributed by atoms with Crippen molar-refractivity contribution in [2.45, 2.75) is 31.5 Å². The van der Waals surface area contributed by atoms with Gasteiger partial charge in [-0.05, 0) is 31.5 Å². The molecule has 3 atom stereocenters. The molecular formula is C27H26N2O3. The van der Waals surface area contributed by atoms with Crippen molar-refractivity contribution in [3.8, 4) is 0 Å². The van der Waals surface area contributed by atoms with Crippen molar-refractivity contribution in [2.75, 3.05) is 12.0 Å². The van der Waals surface area contributed by atoms with Gasteiger partial charge in [0.05, 0.1) is 7.11 Å². The van der Waals surface area contributed by atoms with Crippen LogP contribution in [-0.4, -0.2) is 19.0 Å². The maximum absolute atomic E-state index is 13.5. The second kappa shape index (κ2) is 6.95. The third-order valence-electron chi connectivity index (χ3n) is 7.03. The summed E-state index contributed by atoms with van der Waals surface area (Å²) in [6.07, 6.45) is 0.349. The average molecular weight is 427 g/mol. The number of carbonyl (C=O) groups excluding carboxylic acids is 1. The monoisotopic (exact) mass is 426 g/mol. The quantitative estimate of drug-likeness (QED) is 0.587. The zero-order chi connectivity index (χ0) is 22.6. The number of methoxy groups -OCH3 is 1. The summed E-state index contributed by atoms with van der Waals surface area (Å²) in [5, 5.41) is 9.17. The van der Waals surface area contributed by atoms with E-state index in [9.17, 15) is 10.2 Å². The second-order valence-corrected chi connectivity index (χ2v) is 8.83. The van der Waals surface area contributed by atoms with Gasteiger partial charge in [0, 0.05) is 17.7 Å². The van der Waals surface area contributed by atoms with Gasteiger partial charge in [0.1, 0.15) is 5.41 Å². The minimum atomic E-state index is -1.16. The van der Waals surface area contributed by atoms with Gasteiger partial charge in [-0.2, -0.15) is 0 Å². The van der Waals surface area contributed by atoms with Crippen LogP contribution in [0, 0.1) is 17.7 Å². The Labute approximate surface area is 188 Å². The fourth-order valence-electron chi connectivity index (χ4n) is 5.67. The first kappa shape index (κ1) is 20.3. The van der Waals surface area contributed by atoms with Crippen LogP contribution in [0.5, 0.6) is 0 Å². The Morgan fingerprint density at radius 2 is 1.50 bits per heavy atom. The first-order valence-electron chi connectivity index (χ1n) is 10.7. The minimum Gasteiger partial charge on any atom is -0.469 e. The van der Waals surface area contributed by atoms with Crippen molar-refractivity contribution in [1.82, 2.24) is 0 Å². The Balaban J connectivity index is 1.89. The molecule has 2 saturated heterocycles. The first-order chi connectivity index (χ1) is 15.4. The third-order valence-corrected chi connectivity index (χ3v) is 7.03. The summed E-state index contributed by atoms with van der Waals surface area (Å²) in [7, 11) is 1.41. The molecule has 5 rings (SSSR count). The lowest BCUT2D eigenvalue weighted by Gasteiger charge is -2.43. The summed E-state index contributed by atoms with van der Waals surface area (Å²) < 4.78 is 11.8. The summed E-state index contributed by atoms with van der Waals surface area (Å²) in [6.45, 7) is 3.94. The Hall–Kier alpha value is -3.60. The van der Waals surface area contributed by atoms with Crippen LogP contribution in [0.3, 0.4) is 0 Å². The number of nitrogens with zero attached hydrogens (tertiary/aromatic N) is 1. The Bertz CT molecular complexity index is 1180. The highest BCUT2D eigenvalue weighted by atomic mass is 16.6. The number of rotatable bonds is 4. The number of benzene rings is 3. The fourth-order valence-corrected chi connectivity index (χ4v) is 5.67. The number of aryl methyl sites for hydroxylation is 1. The molecule has 5 nitrogen and oxygen atoms in total. The number of hydrogen-bond donors (Lipinski definition) is 1. The Kier molecular flexibility index (Phi) is 4.41. The van der Waals surface area contributed by atoms with Crippen LogP contribution in [0.1, 0.15) is 30.0 Å². The normalized spacial score (nSPS) is 28.5. The molecule has 0 spiro atoms. The van der Waals surface area contributed by atoms with Gasteiger partial charge in [-0.1, -0.05) is 78.4 Å². The van der Waals surface area contributed by atoms with Crippen molar-refractivity contribution in [1.29, 1.82) is 5.41 Å². The zero-order valence-corrected chi connectivity index (χ0v) is 18.5. The van der Waals surface area contributed by atoms with Gasteiger partial charge in [0.2, 0.25) is 11.6 Å². The van der Waals surface area contributed by atoms with Gasteiger partial charge in [-0.3, -0.25) is 10.2 Å². The summed E-state index contributed by atoms with van der Waals surface area (Å²) in [5.41, 5.74) is 0.509. The molecule has 1 N–H and O–H groups in total. The summed E-state index contributed by atoms with van der Waals surface area (Å²) in [6, 6.07) is 27.8. The van der Waals surface area contributed by atoms with Gasteiger partial charge in [-0.25, -0.2) is 0 Å². The molecule has 2 aliphatic heterocycles. The molecule has 0 amide bonds. The summed E-state index contributed by atoms with van der Waals surface area (Å²) >= 11 is 0. The van der Waals surface area contributed by atoms with Crippen LogP contribution in [0.15, 0.2) is 84.9 Å². The predicted molar refractivity (Wildman–Crippen MR) is 123 cm³/mol. The molecule has 162 valence electrons. The number of fused-ring (bicyclic) bond motifs is 2. The molecule has 2 fully saturated rings. The summed E-state index contributed by atoms with van der Waals surface area (Å²) in [5.74, 6) is -0.309. The molecule has 32 heavy (non-hydrogen) atoms. The molecule has 0 aromatic heterocycles. The standard InChI is InChI=1S/C27H26N2O3/c1-19-14-16-22(17-15-19)29-26(20-10-6-4-7-11-20)18-25(2,24(30)31-3)27(29,23(28)32-26)21-12-8-5-9-13-21/h4-17,28H,18H2,1-3H3/t25-,26-,27-/m1/s1. The molecule has 0 radical (unpaired) electrons. The second-order valence-electron chi connectivity index (χ2n) is 8.83. The smallest absolute Gasteiger partial charge is 0.315 e. The lowest BCUT2D eigenvalue weighted by Crippen LogP contribution is -2.57. The third kappa shape index (κ3) is 2.39. The molecule has 2 heterocycles. The topological polar surface area (TPSA) is 62.6 Å². The van der Waals surface area contributed by atoms with E-state index in [-0.39, 0.29) is 11.9 Å². The van der Waals surface area contributed by atoms with E-state index in [0.29, 0.717) is 6.42 Å². The van der Waals surface area contributed by atoms with E-state index in [0.717, 1.165) is 22.4 Å². The van der Waals surface area contributed by atoms with E-state index >= 15 is 0 Å². The van der Waals surface area contributed by atoms with Crippen molar-refractivity contribution in [3.05, 3.63) is 102 Å². The highest BCUT2D eigenvalue weighted by Crippen LogP contribution is 2.68. The van der Waals surface area contributed by atoms with E-state index in [4.69, 9.17) is 9.47 Å². The van der Waals surface area contributed by atoms with Crippen LogP contribution in [0.25, 0.3) is 0 Å². The highest BCUT2D eigenvalue weighted by Gasteiger charge is 2.80. The van der Waals surface area contributed by atoms with E-state index in [1.54, 1.807) is 0 Å². The van der Waals surface area contributed by atoms with Crippen LogP contribution in [-0.2, 0) is 25.5 Å². The SMILES string of the molecule is COC(=O)[C@@]1(C)C[C@]2(c3ccccc3)OC(=N)[C@@]1(c1ccccc1)N2c1ccc(C)cc1. The van der Waals surface area contributed by atoms with Crippen LogP contribution in [0.4, 0.5) is 5.69 Å². The molecule has 0 unspecified atom stereocenters. The van der Waals surface area contributed by atoms with Gasteiger partial charge in [0.15, 0.2) is 5.54 Å². The van der Waals surface area contributed by atoms with Gasteiger partial charge in [-0.15, -0.1) is 0 Å². The van der Waals surface area contributed by atoms with Crippen LogP contribution in [0.2, 0.25) is 0 Å². The van der Waals surface area contributed by atoms with Gasteiger partial charge >= 0.3 is 5.97 Å². The molecular weight excluding hydrogens is 400 g/mol. The maximum Gasteiger partial charge on any atom is 0.315 e. The van der Waals surface area contributed by atoms with E-state index in [1.165, 1.54) is 7.11 Å². The van der Waals surface area contributed by atoms with Crippen molar-refractivity contribution in [3.63, 3.8) is 0 Å². The van der Waals surface area contributed by atoms with E-state index < -0.39 is 16.7 Å². The lowest BCUT2D eigenvalue weighted by atomic mass is 9.65. The number of nitrogens with one attached hydrogen (secondary N) is 1. The Morgan fingerprint density at radius 3 is 2.06 bits per heavy atom. The molecule has 3 aromatic carbocycles. The molecule has 3 aromatic rings. The largest absolute Gasteiger partial charge is 0.469 e. The molecule has 0 saturated carbocycles. The predicted octanol–water partition coefficient (Wildman–Crippen LogP) is 5.14. The van der Waals surface area contributed by atoms with E-state index in [2.05, 4.69) is 4.90 Å². The van der Waals surface area contributed by atoms with Crippen LogP contribution >= 0.6 is 0 Å². The van der Waals surface area contributed by atoms with Crippen molar-refractivity contribution in [2.24, 2.45) is 5.41 Å². The molecule has 5 heteroatoms. The summed E-state index contributed by atoms with van der Waals surface area (Å²) in [4.78, 5) is 15.6. The van der Waals surface area contributed by atoms with Crippen LogP contribution < -0.4 is 4.90 Å². The Morgan fingerprint density at radius 1 is 0.938 bits per heavy atom. The van der Waals surface area contributed by atoms with Gasteiger partial charge in [0.25, 0.3) is 0 Å². The maximum atomic E-state index is 13.5. The zero-order valence-electron chi connectivity index (χ0n) is 18.5. The molecule has 2 aliphatic rings. The number of esters is 1. The molecule has 0 aliphatic carbocycles. The average Bonchev–Trinajstić information content (AvgIpc) is 3.23. The number of carbonyl (C=O) groups is 1. The number of hydrogen-bond acceptors (Lipinski definition) is 5. The van der Waals surface area contributed by atoms with Gasteiger partial charge < -0.3 is 14.4 Å². The fraction of sp³-hybridized carbons (Fsp3) is 0.259. The minimum absolute atomic E-state index is 0.0484. The number of ether oxygens (including phenoxy) is 2. The number of anilines is 1. The lowest BCUT2D eigenvalue weighted by molar-refractivity contribution is -0.156. The highest BCUT2D eigenvalue weighted by molar-refractivity contribution is 6.02. The first-order valence-corrected chi connectivity index (χ1v) is 10.7. The molecule has 2 bridgehead atoms.